The van der Waals surface area contributed by atoms with Gasteiger partial charge in [-0.15, -0.1) is 0 Å². The first-order chi connectivity index (χ1) is 7.83. The van der Waals surface area contributed by atoms with Crippen LogP contribution in [0, 0.1) is 0 Å². The van der Waals surface area contributed by atoms with Gasteiger partial charge in [0.1, 0.15) is 18.1 Å². The van der Waals surface area contributed by atoms with Crippen LogP contribution in [0.5, 0.6) is 0 Å². The Kier molecular flexibility index (Phi) is 3.71. The van der Waals surface area contributed by atoms with E-state index in [1.165, 1.54) is 7.05 Å². The van der Waals surface area contributed by atoms with Gasteiger partial charge < -0.3 is 15.8 Å². The van der Waals surface area contributed by atoms with Gasteiger partial charge in [0.15, 0.2) is 5.84 Å². The molecule has 0 aliphatic heterocycles. The first kappa shape index (κ1) is 13.0. The van der Waals surface area contributed by atoms with E-state index in [2.05, 4.69) is 15.1 Å². The molecule has 9 heteroatoms. The maximum absolute atomic E-state index is 12.1. The van der Waals surface area contributed by atoms with Crippen LogP contribution in [0.2, 0.25) is 0 Å². The molecule has 0 saturated heterocycles. The van der Waals surface area contributed by atoms with E-state index in [-0.39, 0.29) is 17.3 Å². The second-order valence-corrected chi connectivity index (χ2v) is 3.22. The van der Waals surface area contributed by atoms with E-state index >= 15 is 0 Å². The standard InChI is InChI=1S/C8H10F3N5O/c1-16(4-8(9,10)11)6-3-13-5(2-14-6)7(12)15-17/h2-3,17H,4H2,1H3,(H2,12,15). The van der Waals surface area contributed by atoms with E-state index in [0.29, 0.717) is 0 Å². The largest absolute Gasteiger partial charge is 0.409 e. The van der Waals surface area contributed by atoms with Crippen molar-refractivity contribution >= 4 is 11.7 Å². The van der Waals surface area contributed by atoms with Crippen LogP contribution in [0.4, 0.5) is 19.0 Å². The molecule has 0 atom stereocenters. The Morgan fingerprint density at radius 1 is 1.47 bits per heavy atom. The fourth-order valence-corrected chi connectivity index (χ4v) is 1.05. The predicted octanol–water partition coefficient (Wildman–Crippen LogP) is 0.570. The van der Waals surface area contributed by atoms with Gasteiger partial charge in [-0.1, -0.05) is 5.16 Å². The Balaban J connectivity index is 2.81. The highest BCUT2D eigenvalue weighted by Crippen LogP contribution is 2.18. The van der Waals surface area contributed by atoms with Crippen molar-refractivity contribution in [1.29, 1.82) is 0 Å². The van der Waals surface area contributed by atoms with Gasteiger partial charge in [-0.25, -0.2) is 9.97 Å². The van der Waals surface area contributed by atoms with Crippen LogP contribution in [0.25, 0.3) is 0 Å². The van der Waals surface area contributed by atoms with Crippen LogP contribution >= 0.6 is 0 Å². The third-order valence-corrected chi connectivity index (χ3v) is 1.82. The number of oxime groups is 1. The SMILES string of the molecule is CN(CC(F)(F)F)c1cnc(C(N)=NO)cn1. The minimum absolute atomic E-state index is 0.0387. The van der Waals surface area contributed by atoms with E-state index < -0.39 is 12.7 Å². The molecule has 0 fully saturated rings. The molecule has 0 aliphatic rings. The maximum Gasteiger partial charge on any atom is 0.405 e. The summed E-state index contributed by atoms with van der Waals surface area (Å²) in [7, 11) is 1.24. The Labute approximate surface area is 94.6 Å². The average molecular weight is 249 g/mol. The Bertz CT molecular complexity index is 403. The van der Waals surface area contributed by atoms with Crippen LogP contribution in [0.1, 0.15) is 5.69 Å². The summed E-state index contributed by atoms with van der Waals surface area (Å²) in [6, 6.07) is 0. The van der Waals surface area contributed by atoms with Gasteiger partial charge in [0.25, 0.3) is 0 Å². The van der Waals surface area contributed by atoms with Gasteiger partial charge in [0.05, 0.1) is 12.4 Å². The minimum Gasteiger partial charge on any atom is -0.409 e. The molecular formula is C8H10F3N5O. The molecule has 0 spiro atoms. The van der Waals surface area contributed by atoms with Crippen molar-refractivity contribution in [2.45, 2.75) is 6.18 Å². The van der Waals surface area contributed by atoms with Gasteiger partial charge in [0, 0.05) is 7.05 Å². The fraction of sp³-hybridized carbons (Fsp3) is 0.375. The number of nitrogens with zero attached hydrogens (tertiary/aromatic N) is 4. The number of hydrogen-bond acceptors (Lipinski definition) is 5. The van der Waals surface area contributed by atoms with Crippen molar-refractivity contribution in [3.63, 3.8) is 0 Å². The first-order valence-electron chi connectivity index (χ1n) is 4.41. The molecule has 0 saturated carbocycles. The van der Waals surface area contributed by atoms with Crippen LogP contribution in [0.3, 0.4) is 0 Å². The molecule has 1 aromatic heterocycles. The van der Waals surface area contributed by atoms with Crippen LogP contribution in [0.15, 0.2) is 17.5 Å². The zero-order valence-electron chi connectivity index (χ0n) is 8.81. The Morgan fingerprint density at radius 2 is 2.12 bits per heavy atom. The lowest BCUT2D eigenvalue weighted by atomic mass is 10.4. The number of nitrogens with two attached hydrogens (primary N) is 1. The lowest BCUT2D eigenvalue weighted by Gasteiger charge is -2.19. The molecule has 1 rings (SSSR count). The summed E-state index contributed by atoms with van der Waals surface area (Å²) in [4.78, 5) is 8.33. The average Bonchev–Trinajstić information content (AvgIpc) is 2.26. The second-order valence-electron chi connectivity index (χ2n) is 3.22. The number of halogens is 3. The van der Waals surface area contributed by atoms with E-state index in [4.69, 9.17) is 10.9 Å². The summed E-state index contributed by atoms with van der Waals surface area (Å²) in [5, 5.41) is 11.0. The minimum atomic E-state index is -4.32. The lowest BCUT2D eigenvalue weighted by Crippen LogP contribution is -2.31. The summed E-state index contributed by atoms with van der Waals surface area (Å²) >= 11 is 0. The topological polar surface area (TPSA) is 87.6 Å². The van der Waals surface area contributed by atoms with Gasteiger partial charge >= 0.3 is 6.18 Å². The molecule has 1 heterocycles. The molecule has 0 unspecified atom stereocenters. The van der Waals surface area contributed by atoms with Crippen LogP contribution in [-0.2, 0) is 0 Å². The molecule has 3 N–H and O–H groups in total. The fourth-order valence-electron chi connectivity index (χ4n) is 1.05. The summed E-state index contributed by atoms with van der Waals surface area (Å²) in [6.45, 7) is -1.13. The van der Waals surface area contributed by atoms with Crippen molar-refractivity contribution in [2.75, 3.05) is 18.5 Å². The number of anilines is 1. The summed E-state index contributed by atoms with van der Waals surface area (Å²) < 4.78 is 36.3. The quantitative estimate of drug-likeness (QED) is 0.354. The van der Waals surface area contributed by atoms with Crippen LogP contribution < -0.4 is 10.6 Å². The highest BCUT2D eigenvalue weighted by Gasteiger charge is 2.29. The number of amidine groups is 1. The number of hydrogen-bond donors (Lipinski definition) is 2. The first-order valence-corrected chi connectivity index (χ1v) is 4.41. The molecule has 0 aliphatic carbocycles. The smallest absolute Gasteiger partial charge is 0.405 e. The molecule has 0 bridgehead atoms. The van der Waals surface area contributed by atoms with Gasteiger partial charge in [-0.2, -0.15) is 13.2 Å². The highest BCUT2D eigenvalue weighted by atomic mass is 19.4. The van der Waals surface area contributed by atoms with E-state index in [1.807, 2.05) is 0 Å². The molecule has 1 aromatic rings. The van der Waals surface area contributed by atoms with E-state index in [0.717, 1.165) is 17.3 Å². The van der Waals surface area contributed by atoms with Crippen molar-refractivity contribution in [3.8, 4) is 0 Å². The zero-order valence-corrected chi connectivity index (χ0v) is 8.81. The highest BCUT2D eigenvalue weighted by molar-refractivity contribution is 5.94. The monoisotopic (exact) mass is 249 g/mol. The van der Waals surface area contributed by atoms with Gasteiger partial charge in [-0.3, -0.25) is 0 Å². The second kappa shape index (κ2) is 4.85. The number of aromatic nitrogens is 2. The Hall–Kier alpha value is -2.06. The lowest BCUT2D eigenvalue weighted by molar-refractivity contribution is -0.119. The van der Waals surface area contributed by atoms with Gasteiger partial charge in [-0.05, 0) is 0 Å². The Morgan fingerprint density at radius 3 is 2.53 bits per heavy atom. The third kappa shape index (κ3) is 3.78. The van der Waals surface area contributed by atoms with Crippen molar-refractivity contribution in [3.05, 3.63) is 18.1 Å². The van der Waals surface area contributed by atoms with Crippen molar-refractivity contribution in [1.82, 2.24) is 9.97 Å². The van der Waals surface area contributed by atoms with E-state index in [1.54, 1.807) is 0 Å². The molecule has 17 heavy (non-hydrogen) atoms. The molecule has 0 amide bonds. The summed E-state index contributed by atoms with van der Waals surface area (Å²) in [5.74, 6) is -0.223. The zero-order chi connectivity index (χ0) is 13.1. The summed E-state index contributed by atoms with van der Waals surface area (Å²) in [5.41, 5.74) is 5.31. The van der Waals surface area contributed by atoms with E-state index in [9.17, 15) is 13.2 Å². The molecular weight excluding hydrogens is 239 g/mol. The molecule has 0 radical (unpaired) electrons. The predicted molar refractivity (Wildman–Crippen MR) is 53.9 cm³/mol. The van der Waals surface area contributed by atoms with Gasteiger partial charge in [0.2, 0.25) is 0 Å². The number of rotatable bonds is 3. The number of alkyl halides is 3. The maximum atomic E-state index is 12.1. The third-order valence-electron chi connectivity index (χ3n) is 1.82. The van der Waals surface area contributed by atoms with Crippen LogP contribution in [-0.4, -0.2) is 40.8 Å². The molecule has 6 nitrogen and oxygen atoms in total. The summed E-state index contributed by atoms with van der Waals surface area (Å²) in [6.07, 6.45) is -2.09. The van der Waals surface area contributed by atoms with Crippen molar-refractivity contribution < 1.29 is 18.4 Å². The molecule has 94 valence electrons. The van der Waals surface area contributed by atoms with Crippen molar-refractivity contribution in [2.24, 2.45) is 10.9 Å². The normalized spacial score (nSPS) is 12.6. The molecule has 0 aromatic carbocycles.